The summed E-state index contributed by atoms with van der Waals surface area (Å²) >= 11 is 3.47. The van der Waals surface area contributed by atoms with Crippen LogP contribution in [0.4, 0.5) is 10.1 Å². The average Bonchev–Trinajstić information content (AvgIpc) is 3.05. The molecule has 1 aliphatic rings. The molecule has 0 aliphatic heterocycles. The Kier molecular flexibility index (Phi) is 5.45. The highest BCUT2D eigenvalue weighted by atomic mass is 79.9. The van der Waals surface area contributed by atoms with Crippen molar-refractivity contribution in [2.24, 2.45) is 5.92 Å². The lowest BCUT2D eigenvalue weighted by atomic mass is 9.85. The van der Waals surface area contributed by atoms with Gasteiger partial charge in [0.05, 0.1) is 18.1 Å². The van der Waals surface area contributed by atoms with Crippen molar-refractivity contribution in [3.05, 3.63) is 57.2 Å². The van der Waals surface area contributed by atoms with Crippen LogP contribution >= 0.6 is 15.9 Å². The van der Waals surface area contributed by atoms with Gasteiger partial charge in [0.25, 0.3) is 0 Å². The van der Waals surface area contributed by atoms with E-state index in [0.29, 0.717) is 18.5 Å². The van der Waals surface area contributed by atoms with Crippen molar-refractivity contribution < 1.29 is 13.9 Å². The number of hydrogen-bond donors (Lipinski definition) is 2. The van der Waals surface area contributed by atoms with E-state index in [1.807, 2.05) is 18.2 Å². The maximum Gasteiger partial charge on any atom is 0.326 e. The van der Waals surface area contributed by atoms with Crippen molar-refractivity contribution in [2.75, 3.05) is 12.4 Å². The van der Waals surface area contributed by atoms with Crippen LogP contribution in [-0.4, -0.2) is 22.6 Å². The number of rotatable bonds is 4. The molecule has 1 heterocycles. The molecular weight excluding hydrogens is 441 g/mol. The number of carbonyl (C=O) groups excluding carboxylic acids is 1. The summed E-state index contributed by atoms with van der Waals surface area (Å²) in [4.78, 5) is 28.0. The normalized spacial score (nSPS) is 19.3. The standard InChI is InChI=1S/C21H21BrFN3O3/c1-29-18-10-7-13(11-16(18)23)24-20(27)12-5-8-14(9-6-12)26-17-4-2-3-15(22)19(17)25-21(26)28/h2-4,7,10-12,14H,5-6,8-9H2,1H3,(H,24,27)(H,25,28). The van der Waals surface area contributed by atoms with Gasteiger partial charge in [0, 0.05) is 28.2 Å². The molecule has 2 aromatic carbocycles. The van der Waals surface area contributed by atoms with Gasteiger partial charge in [-0.25, -0.2) is 9.18 Å². The van der Waals surface area contributed by atoms with Gasteiger partial charge in [-0.05, 0) is 65.9 Å². The molecule has 0 unspecified atom stereocenters. The zero-order valence-corrected chi connectivity index (χ0v) is 17.5. The number of para-hydroxylation sites is 1. The fraction of sp³-hybridized carbons (Fsp3) is 0.333. The maximum absolute atomic E-state index is 13.8. The quantitative estimate of drug-likeness (QED) is 0.595. The topological polar surface area (TPSA) is 76.1 Å². The third kappa shape index (κ3) is 3.81. The molecule has 4 rings (SSSR count). The van der Waals surface area contributed by atoms with Crippen molar-refractivity contribution in [2.45, 2.75) is 31.7 Å². The van der Waals surface area contributed by atoms with Crippen LogP contribution in [0.2, 0.25) is 0 Å². The van der Waals surface area contributed by atoms with Crippen LogP contribution in [0.5, 0.6) is 5.75 Å². The Hall–Kier alpha value is -2.61. The minimum Gasteiger partial charge on any atom is -0.494 e. The summed E-state index contributed by atoms with van der Waals surface area (Å²) in [5, 5.41) is 2.79. The van der Waals surface area contributed by atoms with Gasteiger partial charge in [0.2, 0.25) is 5.91 Å². The van der Waals surface area contributed by atoms with E-state index < -0.39 is 5.82 Å². The van der Waals surface area contributed by atoms with Gasteiger partial charge in [-0.1, -0.05) is 6.07 Å². The Morgan fingerprint density at radius 2 is 2.00 bits per heavy atom. The first-order valence-electron chi connectivity index (χ1n) is 9.51. The Balaban J connectivity index is 1.44. The van der Waals surface area contributed by atoms with Gasteiger partial charge >= 0.3 is 5.69 Å². The van der Waals surface area contributed by atoms with E-state index in [0.717, 1.165) is 28.3 Å². The second kappa shape index (κ2) is 8.02. The number of halogens is 2. The number of fused-ring (bicyclic) bond motifs is 1. The predicted octanol–water partition coefficient (Wildman–Crippen LogP) is 4.61. The van der Waals surface area contributed by atoms with Crippen LogP contribution in [0, 0.1) is 11.7 Å². The van der Waals surface area contributed by atoms with Crippen molar-refractivity contribution >= 4 is 38.6 Å². The number of methoxy groups -OCH3 is 1. The van der Waals surface area contributed by atoms with Gasteiger partial charge < -0.3 is 15.0 Å². The number of imidazole rings is 1. The molecule has 0 atom stereocenters. The van der Waals surface area contributed by atoms with Gasteiger partial charge in [0.1, 0.15) is 0 Å². The Bertz CT molecular complexity index is 1120. The number of nitrogens with one attached hydrogen (secondary N) is 2. The van der Waals surface area contributed by atoms with Gasteiger partial charge in [-0.2, -0.15) is 0 Å². The van der Waals surface area contributed by atoms with Crippen LogP contribution < -0.4 is 15.7 Å². The SMILES string of the molecule is COc1ccc(NC(=O)C2CCC(n3c(=O)[nH]c4c(Br)cccc43)CC2)cc1F. The Morgan fingerprint density at radius 3 is 2.69 bits per heavy atom. The van der Waals surface area contributed by atoms with E-state index in [1.165, 1.54) is 19.2 Å². The molecule has 3 aromatic rings. The molecule has 29 heavy (non-hydrogen) atoms. The molecule has 6 nitrogen and oxygen atoms in total. The predicted molar refractivity (Wildman–Crippen MR) is 113 cm³/mol. The molecule has 1 aliphatic carbocycles. The molecule has 152 valence electrons. The largest absolute Gasteiger partial charge is 0.494 e. The number of nitrogens with zero attached hydrogens (tertiary/aromatic N) is 1. The second-order valence-electron chi connectivity index (χ2n) is 7.28. The summed E-state index contributed by atoms with van der Waals surface area (Å²) < 4.78 is 21.4. The monoisotopic (exact) mass is 461 g/mol. The van der Waals surface area contributed by atoms with Gasteiger partial charge in [0.15, 0.2) is 11.6 Å². The summed E-state index contributed by atoms with van der Waals surface area (Å²) in [6.45, 7) is 0. The molecule has 1 amide bonds. The van der Waals surface area contributed by atoms with Crippen molar-refractivity contribution in [1.29, 1.82) is 0 Å². The van der Waals surface area contributed by atoms with Crippen LogP contribution in [0.25, 0.3) is 11.0 Å². The molecule has 1 aromatic heterocycles. The fourth-order valence-corrected chi connectivity index (χ4v) is 4.52. The highest BCUT2D eigenvalue weighted by Crippen LogP contribution is 2.34. The average molecular weight is 462 g/mol. The number of anilines is 1. The lowest BCUT2D eigenvalue weighted by Crippen LogP contribution is -2.31. The Labute approximate surface area is 175 Å². The number of H-pyrrole nitrogens is 1. The number of ether oxygens (including phenoxy) is 1. The van der Waals surface area contributed by atoms with Crippen molar-refractivity contribution in [3.8, 4) is 5.75 Å². The zero-order valence-electron chi connectivity index (χ0n) is 15.9. The molecule has 0 spiro atoms. The fourth-order valence-electron chi connectivity index (χ4n) is 4.06. The van der Waals surface area contributed by atoms with Gasteiger partial charge in [-0.3, -0.25) is 9.36 Å². The first-order chi connectivity index (χ1) is 14.0. The first-order valence-corrected chi connectivity index (χ1v) is 10.3. The molecule has 1 saturated carbocycles. The summed E-state index contributed by atoms with van der Waals surface area (Å²) in [6.07, 6.45) is 2.80. The molecule has 8 heteroatoms. The van der Waals surface area contributed by atoms with E-state index in [1.54, 1.807) is 10.6 Å². The first kappa shape index (κ1) is 19.7. The lowest BCUT2D eigenvalue weighted by molar-refractivity contribution is -0.121. The number of carbonyl (C=O) groups is 1. The molecule has 2 N–H and O–H groups in total. The smallest absolute Gasteiger partial charge is 0.326 e. The molecule has 0 radical (unpaired) electrons. The van der Waals surface area contributed by atoms with E-state index in [-0.39, 0.29) is 29.3 Å². The highest BCUT2D eigenvalue weighted by Gasteiger charge is 2.29. The third-order valence-corrected chi connectivity index (χ3v) is 6.21. The van der Waals surface area contributed by atoms with Gasteiger partial charge in [-0.15, -0.1) is 0 Å². The zero-order chi connectivity index (χ0) is 20.5. The molecular formula is C21H21BrFN3O3. The van der Waals surface area contributed by atoms with E-state index in [9.17, 15) is 14.0 Å². The minimum absolute atomic E-state index is 0.0491. The van der Waals surface area contributed by atoms with E-state index >= 15 is 0 Å². The van der Waals surface area contributed by atoms with Crippen LogP contribution in [-0.2, 0) is 4.79 Å². The maximum atomic E-state index is 13.8. The van der Waals surface area contributed by atoms with Crippen LogP contribution in [0.3, 0.4) is 0 Å². The summed E-state index contributed by atoms with van der Waals surface area (Å²) in [5.41, 5.74) is 1.94. The van der Waals surface area contributed by atoms with E-state index in [2.05, 4.69) is 26.2 Å². The second-order valence-corrected chi connectivity index (χ2v) is 8.13. The highest BCUT2D eigenvalue weighted by molar-refractivity contribution is 9.10. The van der Waals surface area contributed by atoms with Crippen LogP contribution in [0.15, 0.2) is 45.7 Å². The van der Waals surface area contributed by atoms with E-state index in [4.69, 9.17) is 4.74 Å². The molecule has 1 fully saturated rings. The summed E-state index contributed by atoms with van der Waals surface area (Å²) in [5.74, 6) is -0.663. The van der Waals surface area contributed by atoms with Crippen molar-refractivity contribution in [3.63, 3.8) is 0 Å². The lowest BCUT2D eigenvalue weighted by Gasteiger charge is -2.28. The number of aromatic nitrogens is 2. The summed E-state index contributed by atoms with van der Waals surface area (Å²) in [7, 11) is 1.40. The van der Waals surface area contributed by atoms with Crippen molar-refractivity contribution in [1.82, 2.24) is 9.55 Å². The Morgan fingerprint density at radius 1 is 1.24 bits per heavy atom. The third-order valence-electron chi connectivity index (χ3n) is 5.55. The number of benzene rings is 2. The number of amides is 1. The summed E-state index contributed by atoms with van der Waals surface area (Å²) in [6, 6.07) is 10.1. The molecule has 0 saturated heterocycles. The minimum atomic E-state index is -0.515. The molecule has 0 bridgehead atoms. The van der Waals surface area contributed by atoms with Crippen LogP contribution in [0.1, 0.15) is 31.7 Å². The number of hydrogen-bond acceptors (Lipinski definition) is 3. The number of aromatic amines is 1.